The van der Waals surface area contributed by atoms with Crippen molar-refractivity contribution in [3.05, 3.63) is 77.1 Å². The summed E-state index contributed by atoms with van der Waals surface area (Å²) in [6, 6.07) is 15.8. The number of carbonyl (C=O) groups excluding carboxylic acids is 1. The number of hydrogen-bond acceptors (Lipinski definition) is 6. The van der Waals surface area contributed by atoms with E-state index in [-0.39, 0.29) is 11.8 Å². The normalized spacial score (nSPS) is 15.2. The minimum absolute atomic E-state index is 0.0888. The summed E-state index contributed by atoms with van der Waals surface area (Å²) in [7, 11) is 1.63. The first-order chi connectivity index (χ1) is 15.5. The van der Waals surface area contributed by atoms with Gasteiger partial charge in [-0.15, -0.1) is 5.10 Å². The van der Waals surface area contributed by atoms with Crippen LogP contribution in [-0.2, 0) is 4.79 Å². The van der Waals surface area contributed by atoms with Gasteiger partial charge in [0.05, 0.1) is 24.7 Å². The minimum Gasteiger partial charge on any atom is -0.497 e. The quantitative estimate of drug-likeness (QED) is 0.533. The molecule has 8 heteroatoms. The van der Waals surface area contributed by atoms with Gasteiger partial charge in [-0.2, -0.15) is 14.9 Å². The van der Waals surface area contributed by atoms with Gasteiger partial charge in [-0.3, -0.25) is 4.79 Å². The van der Waals surface area contributed by atoms with Crippen LogP contribution in [0.1, 0.15) is 34.7 Å². The molecule has 32 heavy (non-hydrogen) atoms. The van der Waals surface area contributed by atoms with E-state index in [1.54, 1.807) is 18.0 Å². The zero-order chi connectivity index (χ0) is 22.2. The summed E-state index contributed by atoms with van der Waals surface area (Å²) in [5.74, 6) is 1.40. The third-order valence-corrected chi connectivity index (χ3v) is 5.68. The van der Waals surface area contributed by atoms with Crippen molar-refractivity contribution in [2.45, 2.75) is 26.2 Å². The van der Waals surface area contributed by atoms with Gasteiger partial charge in [-0.1, -0.05) is 42.0 Å². The average Bonchev–Trinajstić information content (AvgIpc) is 3.15. The van der Waals surface area contributed by atoms with E-state index in [0.717, 1.165) is 28.1 Å². The predicted molar refractivity (Wildman–Crippen MR) is 120 cm³/mol. The molecule has 0 spiro atoms. The molecule has 0 aliphatic carbocycles. The molecule has 0 saturated heterocycles. The molecular weight excluding hydrogens is 404 g/mol. The number of amides is 1. The summed E-state index contributed by atoms with van der Waals surface area (Å²) in [5.41, 5.74) is 5.53. The van der Waals surface area contributed by atoms with Crippen LogP contribution in [0.25, 0.3) is 17.2 Å². The Morgan fingerprint density at radius 1 is 1.12 bits per heavy atom. The van der Waals surface area contributed by atoms with Crippen LogP contribution < -0.4 is 10.1 Å². The summed E-state index contributed by atoms with van der Waals surface area (Å²) < 4.78 is 6.95. The van der Waals surface area contributed by atoms with Crippen LogP contribution in [0, 0.1) is 13.8 Å². The van der Waals surface area contributed by atoms with E-state index >= 15 is 0 Å². The van der Waals surface area contributed by atoms with Gasteiger partial charge in [0.2, 0.25) is 5.91 Å². The summed E-state index contributed by atoms with van der Waals surface area (Å²) in [6.45, 7) is 3.96. The lowest BCUT2D eigenvalue weighted by Gasteiger charge is -2.24. The van der Waals surface area contributed by atoms with Crippen LogP contribution in [0.2, 0.25) is 0 Å². The number of methoxy groups -OCH3 is 1. The van der Waals surface area contributed by atoms with E-state index in [1.165, 1.54) is 5.56 Å². The fourth-order valence-electron chi connectivity index (χ4n) is 4.08. The van der Waals surface area contributed by atoms with Gasteiger partial charge in [0.25, 0.3) is 5.95 Å². The van der Waals surface area contributed by atoms with Crippen LogP contribution in [0.5, 0.6) is 5.75 Å². The topological polar surface area (TPSA) is 94.8 Å². The lowest BCUT2D eigenvalue weighted by atomic mass is 9.86. The first-order valence-corrected chi connectivity index (χ1v) is 10.3. The molecule has 1 amide bonds. The van der Waals surface area contributed by atoms with Crippen LogP contribution in [0.4, 0.5) is 5.82 Å². The number of aromatic nitrogens is 5. The zero-order valence-electron chi connectivity index (χ0n) is 18.0. The maximum atomic E-state index is 12.6. The van der Waals surface area contributed by atoms with Gasteiger partial charge in [-0.05, 0) is 31.5 Å². The van der Waals surface area contributed by atoms with Crippen LogP contribution in [0.3, 0.4) is 0 Å². The number of nitrogens with one attached hydrogen (secondary N) is 1. The highest BCUT2D eigenvalue weighted by Crippen LogP contribution is 2.40. The third kappa shape index (κ3) is 3.49. The molecular formula is C24H22N6O2. The fourth-order valence-corrected chi connectivity index (χ4v) is 4.08. The molecule has 1 aliphatic heterocycles. The number of anilines is 1. The maximum Gasteiger partial charge on any atom is 0.272 e. The molecule has 2 aromatic carbocycles. The van der Waals surface area contributed by atoms with Crippen molar-refractivity contribution in [1.29, 1.82) is 0 Å². The van der Waals surface area contributed by atoms with Crippen molar-refractivity contribution in [2.75, 3.05) is 12.4 Å². The highest BCUT2D eigenvalue weighted by Gasteiger charge is 2.33. The largest absolute Gasteiger partial charge is 0.497 e. The minimum atomic E-state index is -0.143. The molecule has 0 saturated carbocycles. The van der Waals surface area contributed by atoms with E-state index < -0.39 is 0 Å². The summed E-state index contributed by atoms with van der Waals surface area (Å²) >= 11 is 0. The number of fused-ring (bicyclic) bond motifs is 1. The van der Waals surface area contributed by atoms with Gasteiger partial charge in [-0.25, -0.2) is 4.98 Å². The zero-order valence-corrected chi connectivity index (χ0v) is 18.0. The third-order valence-electron chi connectivity index (χ3n) is 5.68. The number of carbonyl (C=O) groups is 1. The predicted octanol–water partition coefficient (Wildman–Crippen LogP) is 3.82. The molecule has 2 aromatic heterocycles. The smallest absolute Gasteiger partial charge is 0.272 e. The molecule has 160 valence electrons. The highest BCUT2D eigenvalue weighted by atomic mass is 16.5. The Labute approximate surface area is 185 Å². The van der Waals surface area contributed by atoms with E-state index in [2.05, 4.69) is 25.6 Å². The molecule has 0 unspecified atom stereocenters. The lowest BCUT2D eigenvalue weighted by Crippen LogP contribution is -2.25. The molecule has 4 aromatic rings. The van der Waals surface area contributed by atoms with E-state index in [4.69, 9.17) is 4.74 Å². The van der Waals surface area contributed by atoms with Crippen molar-refractivity contribution in [3.8, 4) is 23.0 Å². The second-order valence-corrected chi connectivity index (χ2v) is 7.85. The molecule has 8 nitrogen and oxygen atoms in total. The van der Waals surface area contributed by atoms with Gasteiger partial charge in [0.1, 0.15) is 11.6 Å². The van der Waals surface area contributed by atoms with Gasteiger partial charge in [0.15, 0.2) is 0 Å². The number of hydrogen-bond donors (Lipinski definition) is 1. The Morgan fingerprint density at radius 3 is 2.72 bits per heavy atom. The van der Waals surface area contributed by atoms with Crippen molar-refractivity contribution in [1.82, 2.24) is 25.0 Å². The van der Waals surface area contributed by atoms with E-state index in [1.807, 2.05) is 62.4 Å². The summed E-state index contributed by atoms with van der Waals surface area (Å²) in [4.78, 5) is 17.3. The Kier molecular flexibility index (Phi) is 4.89. The number of rotatable bonds is 4. The van der Waals surface area contributed by atoms with Crippen LogP contribution in [-0.4, -0.2) is 38.0 Å². The second-order valence-electron chi connectivity index (χ2n) is 7.85. The van der Waals surface area contributed by atoms with Crippen molar-refractivity contribution >= 4 is 11.7 Å². The van der Waals surface area contributed by atoms with Crippen LogP contribution >= 0.6 is 0 Å². The van der Waals surface area contributed by atoms with E-state index in [9.17, 15) is 4.79 Å². The van der Waals surface area contributed by atoms with E-state index in [0.29, 0.717) is 23.9 Å². The Hall–Kier alpha value is -4.07. The Morgan fingerprint density at radius 2 is 1.94 bits per heavy atom. The number of benzene rings is 2. The number of nitrogens with zero attached hydrogens (tertiary/aromatic N) is 5. The summed E-state index contributed by atoms with van der Waals surface area (Å²) in [5, 5.41) is 16.0. The SMILES string of the molecule is COc1cccc([C@H]2CC(=O)Nc3c2c(C)nn3-c2nncc(-c3ccc(C)cc3)n2)c1. The molecule has 0 bridgehead atoms. The molecule has 0 radical (unpaired) electrons. The first-order valence-electron chi connectivity index (χ1n) is 10.3. The average molecular weight is 426 g/mol. The first kappa shape index (κ1) is 19.9. The second kappa shape index (κ2) is 7.88. The molecule has 3 heterocycles. The number of ether oxygens (including phenoxy) is 1. The molecule has 0 fully saturated rings. The monoisotopic (exact) mass is 426 g/mol. The van der Waals surface area contributed by atoms with Gasteiger partial charge < -0.3 is 10.1 Å². The number of aryl methyl sites for hydroxylation is 2. The summed E-state index contributed by atoms with van der Waals surface area (Å²) in [6.07, 6.45) is 1.95. The lowest BCUT2D eigenvalue weighted by molar-refractivity contribution is -0.116. The maximum absolute atomic E-state index is 12.6. The molecule has 1 atom stereocenters. The van der Waals surface area contributed by atoms with Crippen LogP contribution in [0.15, 0.2) is 54.7 Å². The molecule has 1 aliphatic rings. The van der Waals surface area contributed by atoms with Crippen molar-refractivity contribution in [2.24, 2.45) is 0 Å². The standard InChI is InChI=1S/C24H22N6O2/c1-14-7-9-16(10-8-14)20-13-25-28-24(26-20)30-23-22(15(2)29-30)19(12-21(31)27-23)17-5-4-6-18(11-17)32-3/h4-11,13,19H,12H2,1-3H3,(H,27,31)/t19-/m1/s1. The molecule has 1 N–H and O–H groups in total. The van der Waals surface area contributed by atoms with Crippen molar-refractivity contribution in [3.63, 3.8) is 0 Å². The Balaban J connectivity index is 1.60. The highest BCUT2D eigenvalue weighted by molar-refractivity contribution is 5.95. The van der Waals surface area contributed by atoms with Crippen molar-refractivity contribution < 1.29 is 9.53 Å². The van der Waals surface area contributed by atoms with Gasteiger partial charge >= 0.3 is 0 Å². The fraction of sp³-hybridized carbons (Fsp3) is 0.208. The molecule has 5 rings (SSSR count). The Bertz CT molecular complexity index is 1310. The van der Waals surface area contributed by atoms with Gasteiger partial charge in [0, 0.05) is 23.5 Å².